The third kappa shape index (κ3) is 4.58. The highest BCUT2D eigenvalue weighted by atomic mass is 28.1. The van der Waals surface area contributed by atoms with E-state index in [1.807, 2.05) is 0 Å². The van der Waals surface area contributed by atoms with E-state index in [4.69, 9.17) is 4.74 Å². The third-order valence-corrected chi connectivity index (χ3v) is 4.14. The maximum absolute atomic E-state index is 5.82. The van der Waals surface area contributed by atoms with Crippen LogP contribution in [0, 0.1) is 0 Å². The number of ether oxygens (including phenoxy) is 1. The Bertz CT molecular complexity index is 146. The smallest absolute Gasteiger partial charge is 0.0946 e. The van der Waals surface area contributed by atoms with Gasteiger partial charge in [0.2, 0.25) is 0 Å². The van der Waals surface area contributed by atoms with Gasteiger partial charge in [-0.3, -0.25) is 5.32 Å². The molecule has 0 saturated carbocycles. The molecular formula is C11H25NOSi. The number of unbranched alkanes of at least 4 members (excludes halogenated alkanes) is 3. The molecule has 0 spiro atoms. The lowest BCUT2D eigenvalue weighted by molar-refractivity contribution is -0.0398. The summed E-state index contributed by atoms with van der Waals surface area (Å²) in [5, 5.41) is 3.71. The van der Waals surface area contributed by atoms with Crippen LogP contribution in [0.5, 0.6) is 0 Å². The summed E-state index contributed by atoms with van der Waals surface area (Å²) in [5.74, 6) is 0. The van der Waals surface area contributed by atoms with Gasteiger partial charge in [-0.2, -0.15) is 0 Å². The lowest BCUT2D eigenvalue weighted by Gasteiger charge is -2.35. The Morgan fingerprint density at radius 3 is 2.79 bits per heavy atom. The lowest BCUT2D eigenvalue weighted by Crippen LogP contribution is -2.50. The molecule has 1 aliphatic heterocycles. The van der Waals surface area contributed by atoms with E-state index < -0.39 is 0 Å². The summed E-state index contributed by atoms with van der Waals surface area (Å²) in [6, 6.07) is 0. The second-order valence-electron chi connectivity index (χ2n) is 4.52. The van der Waals surface area contributed by atoms with Crippen LogP contribution in [0.15, 0.2) is 0 Å². The topological polar surface area (TPSA) is 21.3 Å². The van der Waals surface area contributed by atoms with E-state index in [1.54, 1.807) is 0 Å². The molecule has 1 saturated heterocycles. The van der Waals surface area contributed by atoms with Gasteiger partial charge in [0.05, 0.1) is 15.6 Å². The van der Waals surface area contributed by atoms with Crippen LogP contribution in [-0.4, -0.2) is 28.7 Å². The predicted molar refractivity (Wildman–Crippen MR) is 64.6 cm³/mol. The molecular weight excluding hydrogens is 190 g/mol. The molecule has 84 valence electrons. The van der Waals surface area contributed by atoms with Crippen molar-refractivity contribution in [2.45, 2.75) is 57.2 Å². The minimum Gasteiger partial charge on any atom is -0.365 e. The summed E-state index contributed by atoms with van der Waals surface area (Å²) >= 11 is 0. The molecule has 2 nitrogen and oxygen atoms in total. The van der Waals surface area contributed by atoms with Crippen molar-refractivity contribution in [1.82, 2.24) is 5.32 Å². The number of hydrogen-bond acceptors (Lipinski definition) is 2. The molecule has 1 heterocycles. The summed E-state index contributed by atoms with van der Waals surface area (Å²) < 4.78 is 5.82. The fraction of sp³-hybridized carbons (Fsp3) is 1.00. The number of rotatable bonds is 6. The standard InChI is InChI=1S/C11H25NOSi/c1-2-3-4-6-9-12-11(14)8-5-7-10-13-11/h12H,2-10H2,1,14H3. The third-order valence-electron chi connectivity index (χ3n) is 3.00. The summed E-state index contributed by atoms with van der Waals surface area (Å²) in [4.78, 5) is 0. The van der Waals surface area contributed by atoms with Crippen molar-refractivity contribution in [2.75, 3.05) is 13.2 Å². The second kappa shape index (κ2) is 6.59. The van der Waals surface area contributed by atoms with E-state index in [-0.39, 0.29) is 5.35 Å². The molecule has 0 aromatic carbocycles. The molecule has 0 amide bonds. The van der Waals surface area contributed by atoms with Gasteiger partial charge < -0.3 is 4.74 Å². The minimum absolute atomic E-state index is 0.116. The highest BCUT2D eigenvalue weighted by Gasteiger charge is 2.25. The van der Waals surface area contributed by atoms with Gasteiger partial charge in [-0.05, 0) is 32.2 Å². The molecule has 14 heavy (non-hydrogen) atoms. The molecule has 1 N–H and O–H groups in total. The molecule has 1 fully saturated rings. The molecule has 1 unspecified atom stereocenters. The predicted octanol–water partition coefficient (Wildman–Crippen LogP) is 1.38. The quantitative estimate of drug-likeness (QED) is 0.534. The van der Waals surface area contributed by atoms with Crippen molar-refractivity contribution in [1.29, 1.82) is 0 Å². The zero-order chi connectivity index (χ0) is 10.3. The van der Waals surface area contributed by atoms with Gasteiger partial charge in [0.15, 0.2) is 0 Å². The molecule has 0 bridgehead atoms. The van der Waals surface area contributed by atoms with Crippen LogP contribution < -0.4 is 5.32 Å². The Morgan fingerprint density at radius 2 is 2.14 bits per heavy atom. The van der Waals surface area contributed by atoms with E-state index in [2.05, 4.69) is 12.2 Å². The van der Waals surface area contributed by atoms with Gasteiger partial charge in [0.25, 0.3) is 0 Å². The van der Waals surface area contributed by atoms with Gasteiger partial charge in [0.1, 0.15) is 0 Å². The van der Waals surface area contributed by atoms with E-state index in [1.165, 1.54) is 44.9 Å². The molecule has 0 aliphatic carbocycles. The van der Waals surface area contributed by atoms with Crippen LogP contribution in [0.4, 0.5) is 0 Å². The van der Waals surface area contributed by atoms with Gasteiger partial charge in [0, 0.05) is 6.61 Å². The number of hydrogen-bond donors (Lipinski definition) is 1. The van der Waals surface area contributed by atoms with Crippen molar-refractivity contribution in [3.05, 3.63) is 0 Å². The fourth-order valence-corrected chi connectivity index (χ4v) is 2.79. The first-order valence-electron chi connectivity index (χ1n) is 6.16. The monoisotopic (exact) mass is 215 g/mol. The maximum atomic E-state index is 5.82. The molecule has 1 atom stereocenters. The zero-order valence-corrected chi connectivity index (χ0v) is 11.8. The SMILES string of the molecule is CCCCCCNC1([SiH3])CCCCO1. The van der Waals surface area contributed by atoms with Crippen LogP contribution in [0.2, 0.25) is 0 Å². The van der Waals surface area contributed by atoms with Gasteiger partial charge >= 0.3 is 0 Å². The van der Waals surface area contributed by atoms with Gasteiger partial charge in [-0.25, -0.2) is 0 Å². The first kappa shape index (κ1) is 12.2. The summed E-state index contributed by atoms with van der Waals surface area (Å²) in [5.41, 5.74) is 0. The maximum Gasteiger partial charge on any atom is 0.0946 e. The Labute approximate surface area is 91.2 Å². The highest BCUT2D eigenvalue weighted by Crippen LogP contribution is 2.18. The normalized spacial score (nSPS) is 28.1. The zero-order valence-electron chi connectivity index (χ0n) is 9.77. The van der Waals surface area contributed by atoms with Crippen LogP contribution in [-0.2, 0) is 4.74 Å². The molecule has 1 rings (SSSR count). The van der Waals surface area contributed by atoms with Crippen molar-refractivity contribution >= 4 is 10.2 Å². The molecule has 0 radical (unpaired) electrons. The molecule has 1 aliphatic rings. The van der Waals surface area contributed by atoms with Crippen molar-refractivity contribution < 1.29 is 4.74 Å². The van der Waals surface area contributed by atoms with Crippen molar-refractivity contribution in [2.24, 2.45) is 0 Å². The molecule has 0 aromatic rings. The van der Waals surface area contributed by atoms with Crippen molar-refractivity contribution in [3.63, 3.8) is 0 Å². The second-order valence-corrected chi connectivity index (χ2v) is 6.14. The Kier molecular flexibility index (Phi) is 5.75. The summed E-state index contributed by atoms with van der Waals surface area (Å²) in [6.07, 6.45) is 9.18. The van der Waals surface area contributed by atoms with Crippen LogP contribution in [0.1, 0.15) is 51.9 Å². The van der Waals surface area contributed by atoms with E-state index >= 15 is 0 Å². The molecule has 3 heteroatoms. The van der Waals surface area contributed by atoms with Crippen molar-refractivity contribution in [3.8, 4) is 0 Å². The van der Waals surface area contributed by atoms with Gasteiger partial charge in [-0.15, -0.1) is 0 Å². The minimum atomic E-state index is 0.116. The first-order chi connectivity index (χ1) is 6.77. The Balaban J connectivity index is 2.03. The van der Waals surface area contributed by atoms with Crippen LogP contribution >= 0.6 is 0 Å². The Hall–Kier alpha value is 0.137. The fourth-order valence-electron chi connectivity index (χ4n) is 1.98. The first-order valence-corrected chi connectivity index (χ1v) is 7.16. The Morgan fingerprint density at radius 1 is 1.29 bits per heavy atom. The van der Waals surface area contributed by atoms with E-state index in [9.17, 15) is 0 Å². The highest BCUT2D eigenvalue weighted by molar-refractivity contribution is 6.14. The summed E-state index contributed by atoms with van der Waals surface area (Å²) in [6.45, 7) is 4.36. The molecule has 0 aromatic heterocycles. The lowest BCUT2D eigenvalue weighted by atomic mass is 10.1. The van der Waals surface area contributed by atoms with E-state index in [0.717, 1.165) is 23.4 Å². The largest absolute Gasteiger partial charge is 0.365 e. The van der Waals surface area contributed by atoms with Crippen LogP contribution in [0.25, 0.3) is 0 Å². The van der Waals surface area contributed by atoms with Crippen LogP contribution in [0.3, 0.4) is 0 Å². The number of nitrogens with one attached hydrogen (secondary N) is 1. The van der Waals surface area contributed by atoms with Gasteiger partial charge in [-0.1, -0.05) is 26.2 Å². The van der Waals surface area contributed by atoms with E-state index in [0.29, 0.717) is 0 Å². The average Bonchev–Trinajstić information content (AvgIpc) is 2.18. The summed E-state index contributed by atoms with van der Waals surface area (Å²) in [7, 11) is 1.12. The average molecular weight is 215 g/mol.